The largest absolute Gasteiger partial charge is 0.342 e. The van der Waals surface area contributed by atoms with Crippen LogP contribution in [0.1, 0.15) is 49.8 Å². The zero-order valence-electron chi connectivity index (χ0n) is 15.0. The van der Waals surface area contributed by atoms with Crippen LogP contribution in [0.4, 0.5) is 0 Å². The van der Waals surface area contributed by atoms with Gasteiger partial charge in [-0.15, -0.1) is 0 Å². The van der Waals surface area contributed by atoms with Crippen LogP contribution in [0.5, 0.6) is 0 Å². The van der Waals surface area contributed by atoms with Crippen molar-refractivity contribution in [3.8, 4) is 0 Å². The SMILES string of the molecule is Cc1ccc(C[C@H]2CCCN(C(=O)CCCN3CCCC3)C2)cn1. The van der Waals surface area contributed by atoms with E-state index in [1.54, 1.807) is 0 Å². The first kappa shape index (κ1) is 17.4. The number of aromatic nitrogens is 1. The van der Waals surface area contributed by atoms with E-state index >= 15 is 0 Å². The Morgan fingerprint density at radius 1 is 1.21 bits per heavy atom. The molecule has 1 aromatic rings. The Morgan fingerprint density at radius 3 is 2.79 bits per heavy atom. The van der Waals surface area contributed by atoms with Crippen molar-refractivity contribution in [1.82, 2.24) is 14.8 Å². The summed E-state index contributed by atoms with van der Waals surface area (Å²) in [6.45, 7) is 7.45. The Kier molecular flexibility index (Phi) is 6.24. The smallest absolute Gasteiger partial charge is 0.222 e. The van der Waals surface area contributed by atoms with Crippen molar-refractivity contribution < 1.29 is 4.79 Å². The Hall–Kier alpha value is -1.42. The summed E-state index contributed by atoms with van der Waals surface area (Å²) in [7, 11) is 0. The van der Waals surface area contributed by atoms with Crippen molar-refractivity contribution in [3.63, 3.8) is 0 Å². The van der Waals surface area contributed by atoms with Crippen molar-refractivity contribution in [3.05, 3.63) is 29.6 Å². The molecule has 4 nitrogen and oxygen atoms in total. The lowest BCUT2D eigenvalue weighted by Gasteiger charge is -2.33. The molecule has 0 unspecified atom stereocenters. The van der Waals surface area contributed by atoms with Gasteiger partial charge < -0.3 is 9.80 Å². The number of likely N-dealkylation sites (tertiary alicyclic amines) is 2. The fourth-order valence-electron chi connectivity index (χ4n) is 4.03. The van der Waals surface area contributed by atoms with Gasteiger partial charge in [0.1, 0.15) is 0 Å². The summed E-state index contributed by atoms with van der Waals surface area (Å²) in [5.74, 6) is 0.951. The third-order valence-electron chi connectivity index (χ3n) is 5.43. The lowest BCUT2D eigenvalue weighted by molar-refractivity contribution is -0.133. The Bertz CT molecular complexity index is 522. The van der Waals surface area contributed by atoms with Crippen LogP contribution in [0.25, 0.3) is 0 Å². The number of pyridine rings is 1. The van der Waals surface area contributed by atoms with Crippen LogP contribution in [-0.4, -0.2) is 53.4 Å². The quantitative estimate of drug-likeness (QED) is 0.805. The number of hydrogen-bond acceptors (Lipinski definition) is 3. The fraction of sp³-hybridized carbons (Fsp3) is 0.700. The molecule has 2 aliphatic rings. The van der Waals surface area contributed by atoms with Crippen LogP contribution < -0.4 is 0 Å². The number of hydrogen-bond donors (Lipinski definition) is 0. The van der Waals surface area contributed by atoms with Crippen molar-refractivity contribution >= 4 is 5.91 Å². The highest BCUT2D eigenvalue weighted by Gasteiger charge is 2.23. The molecule has 3 rings (SSSR count). The van der Waals surface area contributed by atoms with Gasteiger partial charge in [-0.05, 0) is 82.6 Å². The van der Waals surface area contributed by atoms with E-state index in [1.807, 2.05) is 13.1 Å². The first-order valence-electron chi connectivity index (χ1n) is 9.62. The minimum Gasteiger partial charge on any atom is -0.342 e. The molecule has 2 saturated heterocycles. The van der Waals surface area contributed by atoms with Gasteiger partial charge in [-0.3, -0.25) is 9.78 Å². The second-order valence-electron chi connectivity index (χ2n) is 7.51. The molecule has 1 atom stereocenters. The summed E-state index contributed by atoms with van der Waals surface area (Å²) in [6, 6.07) is 4.26. The fourth-order valence-corrected chi connectivity index (χ4v) is 4.03. The molecule has 0 saturated carbocycles. The van der Waals surface area contributed by atoms with Crippen LogP contribution in [0.15, 0.2) is 18.3 Å². The highest BCUT2D eigenvalue weighted by molar-refractivity contribution is 5.76. The standard InChI is InChI=1S/C20H31N3O/c1-17-8-9-18(15-21-17)14-19-6-4-13-23(16-19)20(24)7-5-12-22-10-2-3-11-22/h8-9,15,19H,2-7,10-14,16H2,1H3/t19-/m1/s1. The number of amides is 1. The maximum absolute atomic E-state index is 12.5. The van der Waals surface area contributed by atoms with Crippen molar-refractivity contribution in [2.75, 3.05) is 32.7 Å². The van der Waals surface area contributed by atoms with Gasteiger partial charge in [0.15, 0.2) is 0 Å². The van der Waals surface area contributed by atoms with Gasteiger partial charge in [0.05, 0.1) is 0 Å². The van der Waals surface area contributed by atoms with E-state index in [-0.39, 0.29) is 0 Å². The molecule has 0 radical (unpaired) electrons. The molecule has 1 aromatic heterocycles. The maximum Gasteiger partial charge on any atom is 0.222 e. The minimum atomic E-state index is 0.362. The van der Waals surface area contributed by atoms with E-state index in [9.17, 15) is 4.79 Å². The van der Waals surface area contributed by atoms with Crippen molar-refractivity contribution in [2.45, 2.75) is 51.9 Å². The molecule has 0 spiro atoms. The van der Waals surface area contributed by atoms with Crippen LogP contribution in [0, 0.1) is 12.8 Å². The second-order valence-corrected chi connectivity index (χ2v) is 7.51. The average molecular weight is 329 g/mol. The van der Waals surface area contributed by atoms with Crippen LogP contribution in [-0.2, 0) is 11.2 Å². The Balaban J connectivity index is 1.42. The Morgan fingerprint density at radius 2 is 2.04 bits per heavy atom. The van der Waals surface area contributed by atoms with Gasteiger partial charge in [0, 0.05) is 31.4 Å². The zero-order chi connectivity index (χ0) is 16.8. The van der Waals surface area contributed by atoms with Crippen LogP contribution >= 0.6 is 0 Å². The summed E-state index contributed by atoms with van der Waals surface area (Å²) < 4.78 is 0. The molecule has 0 N–H and O–H groups in total. The number of piperidine rings is 1. The van der Waals surface area contributed by atoms with Crippen LogP contribution in [0.2, 0.25) is 0 Å². The molecule has 0 aromatic carbocycles. The lowest BCUT2D eigenvalue weighted by atomic mass is 9.91. The van der Waals surface area contributed by atoms with Crippen LogP contribution in [0.3, 0.4) is 0 Å². The van der Waals surface area contributed by atoms with Gasteiger partial charge in [0.2, 0.25) is 5.91 Å². The summed E-state index contributed by atoms with van der Waals surface area (Å²) >= 11 is 0. The number of carbonyl (C=O) groups is 1. The molecular formula is C20H31N3O. The average Bonchev–Trinajstić information content (AvgIpc) is 3.10. The first-order chi connectivity index (χ1) is 11.7. The molecular weight excluding hydrogens is 298 g/mol. The molecule has 3 heterocycles. The number of aryl methyl sites for hydroxylation is 1. The molecule has 132 valence electrons. The summed E-state index contributed by atoms with van der Waals surface area (Å²) in [4.78, 5) is 21.5. The summed E-state index contributed by atoms with van der Waals surface area (Å²) in [5, 5.41) is 0. The minimum absolute atomic E-state index is 0.362. The molecule has 24 heavy (non-hydrogen) atoms. The predicted molar refractivity (Wildman–Crippen MR) is 96.9 cm³/mol. The lowest BCUT2D eigenvalue weighted by Crippen LogP contribution is -2.40. The molecule has 0 aliphatic carbocycles. The van der Waals surface area contributed by atoms with Gasteiger partial charge >= 0.3 is 0 Å². The molecule has 2 fully saturated rings. The normalized spacial score (nSPS) is 22.0. The van der Waals surface area contributed by atoms with Gasteiger partial charge in [0.25, 0.3) is 0 Å². The monoisotopic (exact) mass is 329 g/mol. The second kappa shape index (κ2) is 8.61. The number of rotatable bonds is 6. The molecule has 4 heteroatoms. The number of carbonyl (C=O) groups excluding carboxylic acids is 1. The van der Waals surface area contributed by atoms with Gasteiger partial charge in [-0.2, -0.15) is 0 Å². The highest BCUT2D eigenvalue weighted by Crippen LogP contribution is 2.21. The van der Waals surface area contributed by atoms with Gasteiger partial charge in [-0.1, -0.05) is 6.07 Å². The molecule has 1 amide bonds. The highest BCUT2D eigenvalue weighted by atomic mass is 16.2. The van der Waals surface area contributed by atoms with Gasteiger partial charge in [-0.25, -0.2) is 0 Å². The first-order valence-corrected chi connectivity index (χ1v) is 9.62. The number of nitrogens with zero attached hydrogens (tertiary/aromatic N) is 3. The van der Waals surface area contributed by atoms with E-state index in [2.05, 4.69) is 26.9 Å². The third kappa shape index (κ3) is 5.04. The summed E-state index contributed by atoms with van der Waals surface area (Å²) in [6.07, 6.45) is 9.80. The van der Waals surface area contributed by atoms with E-state index in [0.29, 0.717) is 11.8 Å². The summed E-state index contributed by atoms with van der Waals surface area (Å²) in [5.41, 5.74) is 2.37. The maximum atomic E-state index is 12.5. The topological polar surface area (TPSA) is 36.4 Å². The zero-order valence-corrected chi connectivity index (χ0v) is 15.0. The van der Waals surface area contributed by atoms with E-state index in [0.717, 1.165) is 51.0 Å². The van der Waals surface area contributed by atoms with Crippen molar-refractivity contribution in [2.24, 2.45) is 5.92 Å². The third-order valence-corrected chi connectivity index (χ3v) is 5.43. The predicted octanol–water partition coefficient (Wildman–Crippen LogP) is 3.05. The van der Waals surface area contributed by atoms with E-state index in [4.69, 9.17) is 0 Å². The Labute approximate surface area is 146 Å². The molecule has 0 bridgehead atoms. The van der Waals surface area contributed by atoms with E-state index < -0.39 is 0 Å². The van der Waals surface area contributed by atoms with E-state index in [1.165, 1.54) is 37.9 Å². The molecule has 2 aliphatic heterocycles. The van der Waals surface area contributed by atoms with Crippen molar-refractivity contribution in [1.29, 1.82) is 0 Å².